The van der Waals surface area contributed by atoms with Crippen LogP contribution in [0.4, 0.5) is 0 Å². The highest BCUT2D eigenvalue weighted by Crippen LogP contribution is 2.54. The van der Waals surface area contributed by atoms with Crippen molar-refractivity contribution in [1.82, 2.24) is 4.90 Å². The third-order valence-electron chi connectivity index (χ3n) is 8.34. The number of ketones is 2. The van der Waals surface area contributed by atoms with Crippen LogP contribution in [0.15, 0.2) is 71.1 Å². The van der Waals surface area contributed by atoms with Crippen molar-refractivity contribution in [1.29, 1.82) is 0 Å². The largest absolute Gasteiger partial charge is 0.489 e. The number of aromatic carboxylic acids is 1. The molecule has 2 aliphatic carbocycles. The van der Waals surface area contributed by atoms with Gasteiger partial charge in [-0.2, -0.15) is 0 Å². The molecule has 0 aromatic heterocycles. The molecule has 0 amide bonds. The summed E-state index contributed by atoms with van der Waals surface area (Å²) in [5.74, 6) is -0.593. The number of rotatable bonds is 8. The minimum absolute atomic E-state index is 0.0951. The first-order chi connectivity index (χ1) is 19.4. The molecule has 7 nitrogen and oxygen atoms in total. The second kappa shape index (κ2) is 10.9. The predicted octanol–water partition coefficient (Wildman–Crippen LogP) is 6.30. The van der Waals surface area contributed by atoms with E-state index < -0.39 is 11.9 Å². The summed E-state index contributed by atoms with van der Waals surface area (Å²) in [7, 11) is 1.68. The topological polar surface area (TPSA) is 93.1 Å². The summed E-state index contributed by atoms with van der Waals surface area (Å²) in [6.07, 6.45) is 2.38. The van der Waals surface area contributed by atoms with Crippen LogP contribution >= 0.6 is 0 Å². The number of ether oxygens (including phenoxy) is 2. The number of benzene rings is 2. The quantitative estimate of drug-likeness (QED) is 0.407. The molecular formula is C34H39NO6. The molecule has 0 atom stereocenters. The van der Waals surface area contributed by atoms with Crippen molar-refractivity contribution in [2.75, 3.05) is 20.3 Å². The SMILES string of the molecule is COCCN1C2=C(C(=O)CC(C)(C)C2)C(c2cccc(OCc3ccc(C(=O)O)cc3)c2)C2=C1CC(C)(C)CC2=O. The molecule has 3 aliphatic rings. The van der Waals surface area contributed by atoms with E-state index in [1.165, 1.54) is 0 Å². The monoisotopic (exact) mass is 557 g/mol. The zero-order valence-corrected chi connectivity index (χ0v) is 24.6. The first-order valence-corrected chi connectivity index (χ1v) is 14.2. The number of carbonyl (C=O) groups is 3. The lowest BCUT2D eigenvalue weighted by Crippen LogP contribution is -2.45. The highest BCUT2D eigenvalue weighted by Gasteiger charge is 2.48. The first kappa shape index (κ1) is 28.8. The molecule has 0 saturated heterocycles. The summed E-state index contributed by atoms with van der Waals surface area (Å²) in [5.41, 5.74) is 5.07. The Balaban J connectivity index is 1.56. The number of methoxy groups -OCH3 is 1. The zero-order valence-electron chi connectivity index (χ0n) is 24.6. The molecule has 0 radical (unpaired) electrons. The van der Waals surface area contributed by atoms with Crippen LogP contribution in [0, 0.1) is 10.8 Å². The fraction of sp³-hybridized carbons (Fsp3) is 0.441. The Morgan fingerprint density at radius 3 is 2.02 bits per heavy atom. The molecule has 1 heterocycles. The average Bonchev–Trinajstić information content (AvgIpc) is 2.89. The van der Waals surface area contributed by atoms with Crippen molar-refractivity contribution in [3.05, 3.63) is 87.8 Å². The molecule has 7 heteroatoms. The Hall–Kier alpha value is -3.71. The normalized spacial score (nSPS) is 20.2. The highest BCUT2D eigenvalue weighted by atomic mass is 16.5. The molecule has 1 N–H and O–H groups in total. The fourth-order valence-corrected chi connectivity index (χ4v) is 6.53. The first-order valence-electron chi connectivity index (χ1n) is 14.2. The van der Waals surface area contributed by atoms with Gasteiger partial charge in [0.2, 0.25) is 0 Å². The summed E-state index contributed by atoms with van der Waals surface area (Å²) in [4.78, 5) is 41.2. The number of hydrogen-bond acceptors (Lipinski definition) is 6. The van der Waals surface area contributed by atoms with Crippen molar-refractivity contribution in [3.63, 3.8) is 0 Å². The molecule has 0 saturated carbocycles. The second-order valence-electron chi connectivity index (χ2n) is 13.0. The van der Waals surface area contributed by atoms with E-state index in [-0.39, 0.29) is 34.6 Å². The predicted molar refractivity (Wildman–Crippen MR) is 156 cm³/mol. The van der Waals surface area contributed by atoms with Crippen molar-refractivity contribution in [2.45, 2.75) is 65.9 Å². The van der Waals surface area contributed by atoms with Gasteiger partial charge in [0.25, 0.3) is 0 Å². The average molecular weight is 558 g/mol. The molecule has 41 heavy (non-hydrogen) atoms. The molecule has 216 valence electrons. The minimum Gasteiger partial charge on any atom is -0.489 e. The van der Waals surface area contributed by atoms with E-state index in [4.69, 9.17) is 14.6 Å². The Morgan fingerprint density at radius 2 is 1.49 bits per heavy atom. The maximum Gasteiger partial charge on any atom is 0.335 e. The molecule has 0 bridgehead atoms. The van der Waals surface area contributed by atoms with E-state index in [0.29, 0.717) is 31.7 Å². The van der Waals surface area contributed by atoms with Crippen molar-refractivity contribution >= 4 is 17.5 Å². The van der Waals surface area contributed by atoms with E-state index in [2.05, 4.69) is 32.6 Å². The fourth-order valence-electron chi connectivity index (χ4n) is 6.53. The third-order valence-corrected chi connectivity index (χ3v) is 8.34. The van der Waals surface area contributed by atoms with Crippen LogP contribution in [0.1, 0.15) is 80.8 Å². The van der Waals surface area contributed by atoms with Crippen LogP contribution in [0.25, 0.3) is 0 Å². The van der Waals surface area contributed by atoms with Crippen LogP contribution in [0.3, 0.4) is 0 Å². The molecular weight excluding hydrogens is 518 g/mol. The number of hydrogen-bond donors (Lipinski definition) is 1. The molecule has 1 aliphatic heterocycles. The van der Waals surface area contributed by atoms with E-state index >= 15 is 0 Å². The summed E-state index contributed by atoms with van der Waals surface area (Å²) in [5, 5.41) is 9.16. The maximum atomic E-state index is 13.9. The van der Waals surface area contributed by atoms with Crippen LogP contribution in [-0.4, -0.2) is 47.8 Å². The Morgan fingerprint density at radius 1 is 0.902 bits per heavy atom. The van der Waals surface area contributed by atoms with Gasteiger partial charge in [0.05, 0.1) is 12.2 Å². The zero-order chi connectivity index (χ0) is 29.5. The summed E-state index contributed by atoms with van der Waals surface area (Å²) >= 11 is 0. The van der Waals surface area contributed by atoms with E-state index in [9.17, 15) is 14.4 Å². The van der Waals surface area contributed by atoms with E-state index in [0.717, 1.165) is 46.5 Å². The number of allylic oxidation sites excluding steroid dienone is 4. The molecule has 0 unspecified atom stereocenters. The van der Waals surface area contributed by atoms with E-state index in [1.807, 2.05) is 24.3 Å². The third kappa shape index (κ3) is 5.87. The van der Waals surface area contributed by atoms with Gasteiger partial charge in [-0.05, 0) is 59.1 Å². The summed E-state index contributed by atoms with van der Waals surface area (Å²) in [6.45, 7) is 9.90. The Kier molecular flexibility index (Phi) is 7.68. The Labute approximate surface area is 241 Å². The minimum atomic E-state index is -0.970. The number of Topliss-reactive ketones (excluding diaryl/α,β-unsaturated/α-hetero) is 2. The lowest BCUT2D eigenvalue weighted by molar-refractivity contribution is -0.119. The van der Waals surface area contributed by atoms with E-state index in [1.54, 1.807) is 31.4 Å². The van der Waals surface area contributed by atoms with Gasteiger partial charge in [-0.1, -0.05) is 52.0 Å². The molecule has 2 aromatic rings. The summed E-state index contributed by atoms with van der Waals surface area (Å²) in [6, 6.07) is 14.3. The van der Waals surface area contributed by atoms with Crippen LogP contribution in [0.2, 0.25) is 0 Å². The molecule has 5 rings (SSSR count). The smallest absolute Gasteiger partial charge is 0.335 e. The van der Waals surface area contributed by atoms with Crippen molar-refractivity contribution < 1.29 is 29.0 Å². The highest BCUT2D eigenvalue weighted by molar-refractivity contribution is 6.06. The van der Waals surface area contributed by atoms with Crippen LogP contribution in [0.5, 0.6) is 5.75 Å². The number of carboxylic acid groups (broad SMARTS) is 1. The maximum absolute atomic E-state index is 13.9. The van der Waals surface area contributed by atoms with Gasteiger partial charge in [0.1, 0.15) is 12.4 Å². The van der Waals surface area contributed by atoms with Gasteiger partial charge >= 0.3 is 5.97 Å². The number of carboxylic acids is 1. The standard InChI is InChI=1S/C34H39NO6/c1-33(2)16-25-30(27(36)18-33)29(31-26(35(25)13-14-40-5)17-34(3,4)19-28(31)37)23-7-6-8-24(15-23)41-20-21-9-11-22(12-10-21)32(38)39/h6-12,15,29H,13-14,16-20H2,1-5H3,(H,38,39). The molecule has 0 fully saturated rings. The van der Waals surface area contributed by atoms with Gasteiger partial charge in [-0.25, -0.2) is 4.79 Å². The van der Waals surface area contributed by atoms with Crippen LogP contribution in [-0.2, 0) is 20.9 Å². The van der Waals surface area contributed by atoms with Gasteiger partial charge in [-0.3, -0.25) is 9.59 Å². The Bertz CT molecular complexity index is 1390. The lowest BCUT2D eigenvalue weighted by atomic mass is 9.63. The van der Waals surface area contributed by atoms with Crippen molar-refractivity contribution in [3.8, 4) is 5.75 Å². The van der Waals surface area contributed by atoms with Gasteiger partial charge in [0.15, 0.2) is 11.6 Å². The lowest BCUT2D eigenvalue weighted by Gasteiger charge is -2.49. The van der Waals surface area contributed by atoms with Gasteiger partial charge in [-0.15, -0.1) is 0 Å². The number of nitrogens with zero attached hydrogens (tertiary/aromatic N) is 1. The van der Waals surface area contributed by atoms with Crippen LogP contribution < -0.4 is 4.74 Å². The molecule has 0 spiro atoms. The molecule has 2 aromatic carbocycles. The van der Waals surface area contributed by atoms with Crippen molar-refractivity contribution in [2.24, 2.45) is 10.8 Å². The van der Waals surface area contributed by atoms with Gasteiger partial charge in [0, 0.05) is 55.0 Å². The number of carbonyl (C=O) groups excluding carboxylic acids is 2. The summed E-state index contributed by atoms with van der Waals surface area (Å²) < 4.78 is 11.6. The second-order valence-corrected chi connectivity index (χ2v) is 13.0. The van der Waals surface area contributed by atoms with Gasteiger partial charge < -0.3 is 19.5 Å².